The maximum absolute atomic E-state index is 8.59. The summed E-state index contributed by atoms with van der Waals surface area (Å²) in [6.07, 6.45) is 1.99. The lowest BCUT2D eigenvalue weighted by atomic mass is 10.2. The maximum atomic E-state index is 8.59. The largest absolute Gasteiger partial charge is 0.495 e. The van der Waals surface area contributed by atoms with E-state index in [1.165, 1.54) is 0 Å². The zero-order chi connectivity index (χ0) is 9.68. The molecule has 1 rings (SSSR count). The highest BCUT2D eigenvalue weighted by atomic mass is 32.2. The third kappa shape index (κ3) is 2.37. The number of thioether (sulfide) groups is 1. The van der Waals surface area contributed by atoms with Gasteiger partial charge in [-0.1, -0.05) is 12.1 Å². The normalized spacial score (nSPS) is 10.1. The van der Waals surface area contributed by atoms with Crippen LogP contribution in [0, 0.1) is 0 Å². The number of hydrogen-bond acceptors (Lipinski definition) is 4. The Bertz CT molecular complexity index is 278. The predicted molar refractivity (Wildman–Crippen MR) is 53.4 cm³/mol. The minimum Gasteiger partial charge on any atom is -0.495 e. The van der Waals surface area contributed by atoms with Gasteiger partial charge in [0.25, 0.3) is 0 Å². The lowest BCUT2D eigenvalue weighted by molar-refractivity contribution is 0.160. The van der Waals surface area contributed by atoms with Gasteiger partial charge in [-0.3, -0.25) is 0 Å². The third-order valence-corrected chi connectivity index (χ3v) is 2.52. The average Bonchev–Trinajstić information content (AvgIpc) is 2.18. The molecule has 2 N–H and O–H groups in total. The molecule has 72 valence electrons. The van der Waals surface area contributed by atoms with Crippen LogP contribution < -0.4 is 10.2 Å². The quantitative estimate of drug-likeness (QED) is 0.574. The van der Waals surface area contributed by atoms with Crippen molar-refractivity contribution in [2.45, 2.75) is 11.4 Å². The fraction of sp³-hybridized carbons (Fsp3) is 0.333. The monoisotopic (exact) mass is 199 g/mol. The Morgan fingerprint density at radius 2 is 2.31 bits per heavy atom. The van der Waals surface area contributed by atoms with Crippen LogP contribution >= 0.6 is 11.8 Å². The Balaban J connectivity index is 3.03. The number of nitrogens with one attached hydrogen (secondary N) is 1. The highest BCUT2D eigenvalue weighted by molar-refractivity contribution is 7.98. The van der Waals surface area contributed by atoms with Crippen molar-refractivity contribution in [3.63, 3.8) is 0 Å². The van der Waals surface area contributed by atoms with Crippen molar-refractivity contribution >= 4 is 11.8 Å². The van der Waals surface area contributed by atoms with Gasteiger partial charge in [-0.15, -0.1) is 11.8 Å². The molecule has 1 aromatic rings. The van der Waals surface area contributed by atoms with Crippen molar-refractivity contribution < 1.29 is 9.94 Å². The van der Waals surface area contributed by atoms with Crippen molar-refractivity contribution in [1.29, 1.82) is 0 Å². The van der Waals surface area contributed by atoms with E-state index in [2.05, 4.69) is 5.48 Å². The van der Waals surface area contributed by atoms with Crippen molar-refractivity contribution in [3.8, 4) is 5.75 Å². The van der Waals surface area contributed by atoms with Crippen molar-refractivity contribution in [3.05, 3.63) is 23.8 Å². The minimum atomic E-state index is 0.400. The van der Waals surface area contributed by atoms with E-state index >= 15 is 0 Å². The zero-order valence-electron chi connectivity index (χ0n) is 7.70. The zero-order valence-corrected chi connectivity index (χ0v) is 8.52. The summed E-state index contributed by atoms with van der Waals surface area (Å²) in [5, 5.41) is 8.59. The molecule has 0 spiro atoms. The number of methoxy groups -OCH3 is 1. The Hall–Kier alpha value is -0.710. The molecule has 0 aliphatic rings. The lowest BCUT2D eigenvalue weighted by Crippen LogP contribution is -2.07. The van der Waals surface area contributed by atoms with E-state index in [-0.39, 0.29) is 0 Å². The van der Waals surface area contributed by atoms with Crippen LogP contribution in [0.1, 0.15) is 5.56 Å². The standard InChI is InChI=1S/C9H13NO2S/c1-12-9-7(6-10-11)4-3-5-8(9)13-2/h3-5,10-11H,6H2,1-2H3. The summed E-state index contributed by atoms with van der Waals surface area (Å²) in [6, 6.07) is 5.85. The number of rotatable bonds is 4. The predicted octanol–water partition coefficient (Wildman–Crippen LogP) is 1.90. The summed E-state index contributed by atoms with van der Waals surface area (Å²) in [6.45, 7) is 0.400. The van der Waals surface area contributed by atoms with Crippen molar-refractivity contribution in [2.75, 3.05) is 13.4 Å². The third-order valence-electron chi connectivity index (χ3n) is 1.75. The lowest BCUT2D eigenvalue weighted by Gasteiger charge is -2.10. The molecule has 4 heteroatoms. The molecule has 0 heterocycles. The Morgan fingerprint density at radius 1 is 1.54 bits per heavy atom. The molecule has 0 aliphatic carbocycles. The van der Waals surface area contributed by atoms with E-state index in [1.54, 1.807) is 18.9 Å². The number of para-hydroxylation sites is 1. The maximum Gasteiger partial charge on any atom is 0.136 e. The SMILES string of the molecule is COc1c(CNO)cccc1SC. The smallest absolute Gasteiger partial charge is 0.136 e. The Labute approximate surface area is 82.1 Å². The van der Waals surface area contributed by atoms with Crippen molar-refractivity contribution in [2.24, 2.45) is 0 Å². The topological polar surface area (TPSA) is 41.5 Å². The first-order valence-electron chi connectivity index (χ1n) is 3.90. The molecule has 0 aliphatic heterocycles. The molecule has 13 heavy (non-hydrogen) atoms. The highest BCUT2D eigenvalue weighted by Crippen LogP contribution is 2.30. The van der Waals surface area contributed by atoms with Gasteiger partial charge in [0, 0.05) is 17.0 Å². The van der Waals surface area contributed by atoms with E-state index in [9.17, 15) is 0 Å². The van der Waals surface area contributed by atoms with Gasteiger partial charge >= 0.3 is 0 Å². The molecular formula is C9H13NO2S. The molecule has 1 aromatic carbocycles. The molecule has 0 atom stereocenters. The number of hydroxylamine groups is 1. The number of benzene rings is 1. The van der Waals surface area contributed by atoms with E-state index in [4.69, 9.17) is 9.94 Å². The number of hydrogen-bond donors (Lipinski definition) is 2. The molecular weight excluding hydrogens is 186 g/mol. The van der Waals surface area contributed by atoms with Gasteiger partial charge in [0.05, 0.1) is 7.11 Å². The first-order chi connectivity index (χ1) is 6.33. The average molecular weight is 199 g/mol. The van der Waals surface area contributed by atoms with Gasteiger partial charge in [0.15, 0.2) is 0 Å². The molecule has 0 unspecified atom stereocenters. The Morgan fingerprint density at radius 3 is 2.85 bits per heavy atom. The molecule has 0 fully saturated rings. The molecule has 3 nitrogen and oxygen atoms in total. The van der Waals surface area contributed by atoms with Crippen LogP contribution in [0.3, 0.4) is 0 Å². The van der Waals surface area contributed by atoms with Gasteiger partial charge in [-0.05, 0) is 12.3 Å². The molecule has 0 saturated carbocycles. The van der Waals surface area contributed by atoms with Crippen LogP contribution in [0.5, 0.6) is 5.75 Å². The van der Waals surface area contributed by atoms with Crippen LogP contribution in [-0.4, -0.2) is 18.6 Å². The van der Waals surface area contributed by atoms with Gasteiger partial charge in [-0.2, -0.15) is 0 Å². The first kappa shape index (κ1) is 10.4. The van der Waals surface area contributed by atoms with E-state index in [0.29, 0.717) is 6.54 Å². The van der Waals surface area contributed by atoms with E-state index in [1.807, 2.05) is 24.5 Å². The second-order valence-electron chi connectivity index (χ2n) is 2.49. The van der Waals surface area contributed by atoms with Crippen LogP contribution in [0.2, 0.25) is 0 Å². The van der Waals surface area contributed by atoms with Gasteiger partial charge in [0.2, 0.25) is 0 Å². The van der Waals surface area contributed by atoms with Crippen LogP contribution in [0.15, 0.2) is 23.1 Å². The summed E-state index contributed by atoms with van der Waals surface area (Å²) in [7, 11) is 1.63. The molecule has 0 bridgehead atoms. The molecule has 0 saturated heterocycles. The first-order valence-corrected chi connectivity index (χ1v) is 5.12. The second-order valence-corrected chi connectivity index (χ2v) is 3.34. The second kappa shape index (κ2) is 5.11. The van der Waals surface area contributed by atoms with Gasteiger partial charge in [0.1, 0.15) is 5.75 Å². The van der Waals surface area contributed by atoms with Crippen LogP contribution in [0.25, 0.3) is 0 Å². The highest BCUT2D eigenvalue weighted by Gasteiger charge is 2.06. The number of ether oxygens (including phenoxy) is 1. The van der Waals surface area contributed by atoms with Gasteiger partial charge in [-0.25, -0.2) is 5.48 Å². The molecule has 0 radical (unpaired) electrons. The van der Waals surface area contributed by atoms with Crippen LogP contribution in [-0.2, 0) is 6.54 Å². The summed E-state index contributed by atoms with van der Waals surface area (Å²) in [4.78, 5) is 1.08. The van der Waals surface area contributed by atoms with E-state index < -0.39 is 0 Å². The summed E-state index contributed by atoms with van der Waals surface area (Å²) in [5.74, 6) is 0.830. The summed E-state index contributed by atoms with van der Waals surface area (Å²) in [5.41, 5.74) is 3.08. The minimum absolute atomic E-state index is 0.400. The van der Waals surface area contributed by atoms with E-state index in [0.717, 1.165) is 16.2 Å². The molecule has 0 aromatic heterocycles. The Kier molecular flexibility index (Phi) is 4.08. The summed E-state index contributed by atoms with van der Waals surface area (Å²) < 4.78 is 5.25. The summed E-state index contributed by atoms with van der Waals surface area (Å²) >= 11 is 1.63. The van der Waals surface area contributed by atoms with Gasteiger partial charge < -0.3 is 9.94 Å². The van der Waals surface area contributed by atoms with Crippen molar-refractivity contribution in [1.82, 2.24) is 5.48 Å². The molecule has 0 amide bonds. The fourth-order valence-electron chi connectivity index (χ4n) is 1.18. The van der Waals surface area contributed by atoms with Crippen LogP contribution in [0.4, 0.5) is 0 Å². The fourth-order valence-corrected chi connectivity index (χ4v) is 1.79.